The number of non-ortho nitro benzene ring substituents is 1. The molecule has 0 aliphatic carbocycles. The lowest BCUT2D eigenvalue weighted by Gasteiger charge is -1.94. The third-order valence-electron chi connectivity index (χ3n) is 3.23. The number of carbonyl (C=O) groups excluding carboxylic acids is 1. The number of hydrogen-bond donors (Lipinski definition) is 2. The van der Waals surface area contributed by atoms with Crippen LogP contribution in [0.1, 0.15) is 10.4 Å². The first kappa shape index (κ1) is 14.4. The van der Waals surface area contributed by atoms with E-state index in [2.05, 4.69) is 15.2 Å². The molecule has 3 aromatic rings. The van der Waals surface area contributed by atoms with Gasteiger partial charge >= 0.3 is 0 Å². The number of aromatic nitrogens is 1. The Morgan fingerprint density at radius 2 is 1.83 bits per heavy atom. The molecule has 1 amide bonds. The minimum atomic E-state index is -0.669. The summed E-state index contributed by atoms with van der Waals surface area (Å²) in [6.07, 6.45) is 0. The number of fused-ring (bicyclic) bond motifs is 1. The molecule has 0 saturated carbocycles. The van der Waals surface area contributed by atoms with Crippen molar-refractivity contribution in [3.63, 3.8) is 0 Å². The molecule has 0 aliphatic heterocycles. The molecule has 1 aromatic heterocycles. The number of benzene rings is 2. The van der Waals surface area contributed by atoms with Crippen molar-refractivity contribution in [1.29, 1.82) is 0 Å². The molecule has 8 heteroatoms. The van der Waals surface area contributed by atoms with Gasteiger partial charge in [0.25, 0.3) is 11.6 Å². The molecule has 0 bridgehead atoms. The second-order valence-corrected chi connectivity index (χ2v) is 4.68. The summed E-state index contributed by atoms with van der Waals surface area (Å²) in [5.74, 6) is -0.694. The predicted octanol–water partition coefficient (Wildman–Crippen LogP) is 3.71. The van der Waals surface area contributed by atoms with E-state index in [0.717, 1.165) is 0 Å². The number of rotatable bonds is 3. The van der Waals surface area contributed by atoms with E-state index < -0.39 is 10.8 Å². The standard InChI is InChI=1S/C15H10N4O4/c20-13-11-3-1-2-4-12(11)16-14(13)17-18-15(21)9-5-7-10(8-6-9)19(22)23/h1-8,16,20H. The molecule has 8 nitrogen and oxygen atoms in total. The summed E-state index contributed by atoms with van der Waals surface area (Å²) in [6, 6.07) is 12.0. The van der Waals surface area contributed by atoms with Gasteiger partial charge in [-0.3, -0.25) is 14.9 Å². The molecule has 0 radical (unpaired) electrons. The lowest BCUT2D eigenvalue weighted by molar-refractivity contribution is -0.384. The first-order chi connectivity index (χ1) is 11.1. The van der Waals surface area contributed by atoms with Gasteiger partial charge in [0.2, 0.25) is 0 Å². The summed E-state index contributed by atoms with van der Waals surface area (Å²) in [5.41, 5.74) is 0.712. The highest BCUT2D eigenvalue weighted by Gasteiger charge is 2.11. The van der Waals surface area contributed by atoms with Crippen molar-refractivity contribution in [2.24, 2.45) is 10.2 Å². The molecule has 0 saturated heterocycles. The van der Waals surface area contributed by atoms with E-state index in [4.69, 9.17) is 0 Å². The van der Waals surface area contributed by atoms with Gasteiger partial charge in [0.15, 0.2) is 11.6 Å². The topological polar surface area (TPSA) is 121 Å². The molecule has 23 heavy (non-hydrogen) atoms. The zero-order valence-corrected chi connectivity index (χ0v) is 11.6. The number of nitro benzene ring substituents is 1. The molecule has 0 unspecified atom stereocenters. The van der Waals surface area contributed by atoms with E-state index in [-0.39, 0.29) is 22.8 Å². The number of hydrogen-bond acceptors (Lipinski definition) is 5. The maximum absolute atomic E-state index is 11.9. The van der Waals surface area contributed by atoms with Crippen molar-refractivity contribution in [3.8, 4) is 5.75 Å². The van der Waals surface area contributed by atoms with Crippen LogP contribution in [0.15, 0.2) is 58.8 Å². The maximum Gasteiger partial charge on any atom is 0.295 e. The fourth-order valence-corrected chi connectivity index (χ4v) is 2.06. The number of nitrogens with one attached hydrogen (secondary N) is 1. The van der Waals surface area contributed by atoms with Gasteiger partial charge in [0.05, 0.1) is 10.4 Å². The number of aromatic amines is 1. The Labute approximate surface area is 129 Å². The molecular formula is C15H10N4O4. The number of aromatic hydroxyl groups is 1. The fraction of sp³-hybridized carbons (Fsp3) is 0. The second-order valence-electron chi connectivity index (χ2n) is 4.68. The highest BCUT2D eigenvalue weighted by Crippen LogP contribution is 2.34. The van der Waals surface area contributed by atoms with E-state index in [1.54, 1.807) is 24.3 Å². The van der Waals surface area contributed by atoms with E-state index in [0.29, 0.717) is 10.9 Å². The zero-order chi connectivity index (χ0) is 16.4. The number of azo groups is 1. The maximum atomic E-state index is 11.9. The molecule has 1 heterocycles. The Hall–Kier alpha value is -3.55. The van der Waals surface area contributed by atoms with E-state index in [9.17, 15) is 20.0 Å². The summed E-state index contributed by atoms with van der Waals surface area (Å²) in [4.78, 5) is 24.7. The van der Waals surface area contributed by atoms with E-state index >= 15 is 0 Å². The van der Waals surface area contributed by atoms with Crippen LogP contribution in [-0.4, -0.2) is 20.9 Å². The Balaban J connectivity index is 1.84. The highest BCUT2D eigenvalue weighted by molar-refractivity contribution is 5.95. The highest BCUT2D eigenvalue weighted by atomic mass is 16.6. The van der Waals surface area contributed by atoms with Crippen LogP contribution in [0.3, 0.4) is 0 Å². The van der Waals surface area contributed by atoms with Crippen LogP contribution in [0.4, 0.5) is 11.5 Å². The minimum absolute atomic E-state index is 0.0708. The van der Waals surface area contributed by atoms with Crippen LogP contribution in [-0.2, 0) is 0 Å². The van der Waals surface area contributed by atoms with E-state index in [1.165, 1.54) is 24.3 Å². The third-order valence-corrected chi connectivity index (χ3v) is 3.23. The van der Waals surface area contributed by atoms with Gasteiger partial charge in [-0.15, -0.1) is 10.2 Å². The normalized spacial score (nSPS) is 11.1. The first-order valence-corrected chi connectivity index (χ1v) is 6.56. The smallest absolute Gasteiger partial charge is 0.295 e. The third kappa shape index (κ3) is 2.77. The summed E-state index contributed by atoms with van der Waals surface area (Å²) in [6.45, 7) is 0. The summed E-state index contributed by atoms with van der Waals surface area (Å²) in [7, 11) is 0. The van der Waals surface area contributed by atoms with Gasteiger partial charge in [-0.25, -0.2) is 0 Å². The number of carbonyl (C=O) groups is 1. The SMILES string of the molecule is O=C(N=Nc1[nH]c2ccccc2c1O)c1ccc([N+](=O)[O-])cc1. The van der Waals surface area contributed by atoms with Crippen LogP contribution in [0.5, 0.6) is 5.75 Å². The van der Waals surface area contributed by atoms with Crippen molar-refractivity contribution in [2.75, 3.05) is 0 Å². The molecule has 0 aliphatic rings. The zero-order valence-electron chi connectivity index (χ0n) is 11.6. The molecule has 114 valence electrons. The molecule has 0 fully saturated rings. The number of amides is 1. The fourth-order valence-electron chi connectivity index (χ4n) is 2.06. The average molecular weight is 310 g/mol. The number of H-pyrrole nitrogens is 1. The summed E-state index contributed by atoms with van der Waals surface area (Å²) in [5, 5.41) is 28.4. The minimum Gasteiger partial charge on any atom is -0.504 e. The van der Waals surface area contributed by atoms with Gasteiger partial charge in [-0.2, -0.15) is 0 Å². The summed E-state index contributed by atoms with van der Waals surface area (Å²) < 4.78 is 0. The lowest BCUT2D eigenvalue weighted by Crippen LogP contribution is -1.94. The van der Waals surface area contributed by atoms with Gasteiger partial charge in [-0.1, -0.05) is 12.1 Å². The number of nitro groups is 1. The molecule has 2 aromatic carbocycles. The van der Waals surface area contributed by atoms with Crippen LogP contribution >= 0.6 is 0 Å². The van der Waals surface area contributed by atoms with Gasteiger partial charge in [0.1, 0.15) is 0 Å². The van der Waals surface area contributed by atoms with Crippen molar-refractivity contribution >= 4 is 28.3 Å². The predicted molar refractivity (Wildman–Crippen MR) is 81.9 cm³/mol. The molecule has 0 atom stereocenters. The number of nitrogens with zero attached hydrogens (tertiary/aromatic N) is 3. The van der Waals surface area contributed by atoms with Crippen molar-refractivity contribution in [1.82, 2.24) is 4.98 Å². The molecule has 2 N–H and O–H groups in total. The van der Waals surface area contributed by atoms with Gasteiger partial charge < -0.3 is 10.1 Å². The largest absolute Gasteiger partial charge is 0.504 e. The number of para-hydroxylation sites is 1. The van der Waals surface area contributed by atoms with Crippen molar-refractivity contribution in [3.05, 3.63) is 64.2 Å². The molecular weight excluding hydrogens is 300 g/mol. The van der Waals surface area contributed by atoms with Crippen LogP contribution in [0, 0.1) is 10.1 Å². The van der Waals surface area contributed by atoms with Crippen molar-refractivity contribution < 1.29 is 14.8 Å². The van der Waals surface area contributed by atoms with Gasteiger partial charge in [0, 0.05) is 23.1 Å². The van der Waals surface area contributed by atoms with E-state index in [1.807, 2.05) is 0 Å². The lowest BCUT2D eigenvalue weighted by atomic mass is 10.2. The molecule has 0 spiro atoms. The van der Waals surface area contributed by atoms with Crippen molar-refractivity contribution in [2.45, 2.75) is 0 Å². The monoisotopic (exact) mass is 310 g/mol. The Morgan fingerprint density at radius 1 is 1.13 bits per heavy atom. The second kappa shape index (κ2) is 5.68. The molecule has 3 rings (SSSR count). The Morgan fingerprint density at radius 3 is 2.48 bits per heavy atom. The average Bonchev–Trinajstić information content (AvgIpc) is 2.89. The van der Waals surface area contributed by atoms with Crippen LogP contribution in [0.2, 0.25) is 0 Å². The Bertz CT molecular complexity index is 928. The van der Waals surface area contributed by atoms with Gasteiger partial charge in [-0.05, 0) is 24.3 Å². The van der Waals surface area contributed by atoms with Crippen LogP contribution in [0.25, 0.3) is 10.9 Å². The first-order valence-electron chi connectivity index (χ1n) is 6.56. The quantitative estimate of drug-likeness (QED) is 0.435. The van der Waals surface area contributed by atoms with Crippen LogP contribution < -0.4 is 0 Å². The Kier molecular flexibility index (Phi) is 3.55. The summed E-state index contributed by atoms with van der Waals surface area (Å²) >= 11 is 0.